The second-order valence-corrected chi connectivity index (χ2v) is 3.30. The molecule has 0 radical (unpaired) electrons. The summed E-state index contributed by atoms with van der Waals surface area (Å²) in [5.74, 6) is -0.0917. The van der Waals surface area contributed by atoms with E-state index in [4.69, 9.17) is 14.6 Å². The molecule has 0 bridgehead atoms. The predicted molar refractivity (Wildman–Crippen MR) is 61.0 cm³/mol. The molecule has 18 heavy (non-hydrogen) atoms. The summed E-state index contributed by atoms with van der Waals surface area (Å²) in [4.78, 5) is 10.8. The highest BCUT2D eigenvalue weighted by Crippen LogP contribution is 2.23. The molecule has 1 aromatic carbocycles. The van der Waals surface area contributed by atoms with E-state index in [0.29, 0.717) is 18.1 Å². The maximum atomic E-state index is 10.8. The molecule has 0 aliphatic heterocycles. The van der Waals surface area contributed by atoms with Crippen LogP contribution in [0.25, 0.3) is 0 Å². The van der Waals surface area contributed by atoms with Crippen LogP contribution < -0.4 is 9.47 Å². The van der Waals surface area contributed by atoms with Gasteiger partial charge in [-0.3, -0.25) is 0 Å². The summed E-state index contributed by atoms with van der Waals surface area (Å²) < 4.78 is 10.6. The minimum Gasteiger partial charge on any atom is -0.494 e. The van der Waals surface area contributed by atoms with E-state index < -0.39 is 5.97 Å². The Hall–Kier alpha value is -2.57. The molecule has 0 saturated heterocycles. The van der Waals surface area contributed by atoms with Gasteiger partial charge in [0.2, 0.25) is 5.69 Å². The fraction of sp³-hybridized carbons (Fsp3) is 0.182. The number of aromatic amines is 1. The number of ether oxygens (including phenoxy) is 2. The molecule has 0 aliphatic carbocycles. The molecule has 0 spiro atoms. The molecule has 1 aromatic heterocycles. The van der Waals surface area contributed by atoms with Crippen LogP contribution in [0.15, 0.2) is 24.3 Å². The number of H-pyrrole nitrogens is 1. The van der Waals surface area contributed by atoms with Crippen LogP contribution in [0.3, 0.4) is 0 Å². The van der Waals surface area contributed by atoms with Crippen LogP contribution in [0, 0.1) is 0 Å². The first-order valence-corrected chi connectivity index (χ1v) is 5.25. The summed E-state index contributed by atoms with van der Waals surface area (Å²) in [6.07, 6.45) is 0. The quantitative estimate of drug-likeness (QED) is 0.836. The third-order valence-corrected chi connectivity index (χ3v) is 2.08. The maximum absolute atomic E-state index is 10.8. The molecule has 94 valence electrons. The Morgan fingerprint density at radius 2 is 2.00 bits per heavy atom. The molecule has 0 fully saturated rings. The van der Waals surface area contributed by atoms with Crippen molar-refractivity contribution in [2.24, 2.45) is 0 Å². The van der Waals surface area contributed by atoms with Crippen molar-refractivity contribution in [1.82, 2.24) is 15.4 Å². The van der Waals surface area contributed by atoms with Gasteiger partial charge in [-0.05, 0) is 31.2 Å². The third-order valence-electron chi connectivity index (χ3n) is 2.08. The lowest BCUT2D eigenvalue weighted by atomic mass is 10.3. The number of carboxylic acids is 1. The summed E-state index contributed by atoms with van der Waals surface area (Å²) in [5, 5.41) is 18.0. The number of carbonyl (C=O) groups is 1. The summed E-state index contributed by atoms with van der Waals surface area (Å²) in [6.45, 7) is 2.46. The van der Waals surface area contributed by atoms with Crippen molar-refractivity contribution < 1.29 is 19.4 Å². The van der Waals surface area contributed by atoms with E-state index in [2.05, 4.69) is 15.4 Å². The Bertz CT molecular complexity index is 535. The first-order chi connectivity index (χ1) is 8.70. The van der Waals surface area contributed by atoms with E-state index in [-0.39, 0.29) is 11.6 Å². The number of carboxylic acid groups (broad SMARTS) is 1. The van der Waals surface area contributed by atoms with Crippen LogP contribution in [-0.4, -0.2) is 33.1 Å². The molecule has 7 heteroatoms. The lowest BCUT2D eigenvalue weighted by Gasteiger charge is -2.05. The fourth-order valence-corrected chi connectivity index (χ4v) is 1.31. The van der Waals surface area contributed by atoms with Crippen molar-refractivity contribution >= 4 is 5.97 Å². The molecule has 0 aliphatic rings. The van der Waals surface area contributed by atoms with Gasteiger partial charge in [-0.25, -0.2) is 9.89 Å². The van der Waals surface area contributed by atoms with Crippen LogP contribution in [0.1, 0.15) is 17.4 Å². The lowest BCUT2D eigenvalue weighted by molar-refractivity contribution is 0.0687. The molecule has 2 N–H and O–H groups in total. The van der Waals surface area contributed by atoms with Crippen molar-refractivity contribution in [3.8, 4) is 17.4 Å². The summed E-state index contributed by atoms with van der Waals surface area (Å²) in [6, 6.07) is 6.76. The van der Waals surface area contributed by atoms with Crippen LogP contribution in [0.2, 0.25) is 0 Å². The second kappa shape index (κ2) is 5.17. The Morgan fingerprint density at radius 3 is 2.61 bits per heavy atom. The number of hydrogen-bond acceptors (Lipinski definition) is 5. The highest BCUT2D eigenvalue weighted by Gasteiger charge is 2.16. The van der Waals surface area contributed by atoms with Gasteiger partial charge in [0.1, 0.15) is 11.5 Å². The van der Waals surface area contributed by atoms with Crippen molar-refractivity contribution in [1.29, 1.82) is 0 Å². The van der Waals surface area contributed by atoms with Crippen molar-refractivity contribution in [3.63, 3.8) is 0 Å². The predicted octanol–water partition coefficient (Wildman–Crippen LogP) is 1.69. The Balaban J connectivity index is 2.13. The zero-order valence-corrected chi connectivity index (χ0v) is 9.58. The molecule has 7 nitrogen and oxygen atoms in total. The van der Waals surface area contributed by atoms with Crippen LogP contribution >= 0.6 is 0 Å². The monoisotopic (exact) mass is 249 g/mol. The van der Waals surface area contributed by atoms with E-state index in [0.717, 1.165) is 0 Å². The SMILES string of the molecule is CCOc1ccc(Oc2nn[nH]c2C(=O)O)cc1. The molecular weight excluding hydrogens is 238 g/mol. The van der Waals surface area contributed by atoms with Crippen LogP contribution in [-0.2, 0) is 0 Å². The van der Waals surface area contributed by atoms with Gasteiger partial charge in [0.05, 0.1) is 6.61 Å². The van der Waals surface area contributed by atoms with Crippen LogP contribution in [0.4, 0.5) is 0 Å². The average Bonchev–Trinajstić information content (AvgIpc) is 2.80. The maximum Gasteiger partial charge on any atom is 0.359 e. The van der Waals surface area contributed by atoms with E-state index in [1.54, 1.807) is 24.3 Å². The van der Waals surface area contributed by atoms with E-state index in [1.807, 2.05) is 6.92 Å². The van der Waals surface area contributed by atoms with Gasteiger partial charge in [0.25, 0.3) is 5.88 Å². The Labute approximate surface area is 102 Å². The van der Waals surface area contributed by atoms with Gasteiger partial charge in [-0.15, -0.1) is 0 Å². The number of aromatic nitrogens is 3. The van der Waals surface area contributed by atoms with Gasteiger partial charge in [-0.2, -0.15) is 0 Å². The Kier molecular flexibility index (Phi) is 3.42. The lowest BCUT2D eigenvalue weighted by Crippen LogP contribution is -1.99. The number of nitrogens with one attached hydrogen (secondary N) is 1. The summed E-state index contributed by atoms with van der Waals surface area (Å²) in [5.41, 5.74) is -0.191. The van der Waals surface area contributed by atoms with Gasteiger partial charge >= 0.3 is 5.97 Å². The molecule has 2 aromatic rings. The first kappa shape index (κ1) is 11.9. The van der Waals surface area contributed by atoms with Gasteiger partial charge in [0.15, 0.2) is 0 Å². The van der Waals surface area contributed by atoms with Gasteiger partial charge in [0, 0.05) is 0 Å². The van der Waals surface area contributed by atoms with E-state index >= 15 is 0 Å². The molecular formula is C11H11N3O4. The fourth-order valence-electron chi connectivity index (χ4n) is 1.31. The highest BCUT2D eigenvalue weighted by molar-refractivity contribution is 5.87. The minimum absolute atomic E-state index is 0.0772. The summed E-state index contributed by atoms with van der Waals surface area (Å²) in [7, 11) is 0. The van der Waals surface area contributed by atoms with Crippen molar-refractivity contribution in [2.75, 3.05) is 6.61 Å². The molecule has 0 unspecified atom stereocenters. The van der Waals surface area contributed by atoms with E-state index in [9.17, 15) is 4.79 Å². The standard InChI is InChI=1S/C11H11N3O4/c1-2-17-7-3-5-8(6-4-7)18-10-9(11(15)16)12-14-13-10/h3-6H,2H2,1H3,(H,15,16)(H,12,13,14). The molecule has 0 amide bonds. The topological polar surface area (TPSA) is 97.3 Å². The number of hydrogen-bond donors (Lipinski definition) is 2. The molecule has 2 rings (SSSR count). The zero-order valence-electron chi connectivity index (χ0n) is 9.58. The van der Waals surface area contributed by atoms with Gasteiger partial charge in [-0.1, -0.05) is 10.3 Å². The average molecular weight is 249 g/mol. The largest absolute Gasteiger partial charge is 0.494 e. The number of nitrogens with zero attached hydrogens (tertiary/aromatic N) is 2. The minimum atomic E-state index is -1.18. The normalized spacial score (nSPS) is 10.1. The van der Waals surface area contributed by atoms with Crippen LogP contribution in [0.5, 0.6) is 17.4 Å². The number of aromatic carboxylic acids is 1. The number of benzene rings is 1. The zero-order chi connectivity index (χ0) is 13.0. The Morgan fingerprint density at radius 1 is 1.33 bits per heavy atom. The third kappa shape index (κ3) is 2.57. The van der Waals surface area contributed by atoms with Gasteiger partial charge < -0.3 is 14.6 Å². The molecule has 0 saturated carbocycles. The number of rotatable bonds is 5. The van der Waals surface area contributed by atoms with E-state index in [1.165, 1.54) is 0 Å². The highest BCUT2D eigenvalue weighted by atomic mass is 16.5. The smallest absolute Gasteiger partial charge is 0.359 e. The summed E-state index contributed by atoms with van der Waals surface area (Å²) >= 11 is 0. The van der Waals surface area contributed by atoms with Crippen molar-refractivity contribution in [3.05, 3.63) is 30.0 Å². The first-order valence-electron chi connectivity index (χ1n) is 5.25. The molecule has 0 atom stereocenters. The second-order valence-electron chi connectivity index (χ2n) is 3.30. The van der Waals surface area contributed by atoms with Crippen molar-refractivity contribution in [2.45, 2.75) is 6.92 Å². The molecule has 1 heterocycles.